The Morgan fingerprint density at radius 3 is 2.57 bits per heavy atom. The molecule has 1 fully saturated rings. The van der Waals surface area contributed by atoms with Crippen LogP contribution in [0.4, 0.5) is 0 Å². The Bertz CT molecular complexity index is 429. The van der Waals surface area contributed by atoms with Gasteiger partial charge in [0.25, 0.3) is 5.60 Å². The number of hydrogen-bond acceptors (Lipinski definition) is 4. The largest absolute Gasteiger partial charge is 0.332 e. The highest BCUT2D eigenvalue weighted by Crippen LogP contribution is 2.48. The molecular formula is C9H4ClN3O. The first-order chi connectivity index (χ1) is 6.72. The monoisotopic (exact) mass is 205 g/mol. The highest BCUT2D eigenvalue weighted by Gasteiger charge is 2.59. The van der Waals surface area contributed by atoms with Gasteiger partial charge in [0.1, 0.15) is 23.4 Å². The second kappa shape index (κ2) is 2.95. The van der Waals surface area contributed by atoms with Gasteiger partial charge < -0.3 is 4.74 Å². The number of aromatic nitrogens is 1. The summed E-state index contributed by atoms with van der Waals surface area (Å²) in [6, 6.07) is 6.93. The Hall–Kier alpha value is -1.62. The predicted molar refractivity (Wildman–Crippen MR) is 47.0 cm³/mol. The predicted octanol–water partition coefficient (Wildman–Crippen LogP) is 1.59. The Morgan fingerprint density at radius 2 is 2.14 bits per heavy atom. The first kappa shape index (κ1) is 8.96. The van der Waals surface area contributed by atoms with Crippen LogP contribution in [0.1, 0.15) is 11.7 Å². The number of rotatable bonds is 1. The summed E-state index contributed by atoms with van der Waals surface area (Å²) in [5.41, 5.74) is -0.632. The van der Waals surface area contributed by atoms with Crippen LogP contribution in [-0.4, -0.2) is 10.6 Å². The Morgan fingerprint density at radius 1 is 1.43 bits per heavy atom. The van der Waals surface area contributed by atoms with Crippen molar-refractivity contribution in [3.05, 3.63) is 29.0 Å². The second-order valence-electron chi connectivity index (χ2n) is 2.87. The molecule has 1 aromatic heterocycles. The standard InChI is InChI=1S/C9H4ClN3O/c10-7-2-1-6(3-13-7)8-9(4-11,5-12)14-8/h1-3,8H. The molecule has 0 saturated carbocycles. The lowest BCUT2D eigenvalue weighted by Gasteiger charge is -1.94. The number of epoxide rings is 1. The number of hydrogen-bond donors (Lipinski definition) is 0. The van der Waals surface area contributed by atoms with E-state index < -0.39 is 11.7 Å². The summed E-state index contributed by atoms with van der Waals surface area (Å²) < 4.78 is 5.02. The van der Waals surface area contributed by atoms with Crippen LogP contribution in [0.25, 0.3) is 0 Å². The first-order valence-corrected chi connectivity index (χ1v) is 4.21. The summed E-state index contributed by atoms with van der Waals surface area (Å²) in [5.74, 6) is 0. The lowest BCUT2D eigenvalue weighted by molar-refractivity contribution is 0.369. The molecule has 0 aromatic carbocycles. The van der Waals surface area contributed by atoms with E-state index in [1.54, 1.807) is 12.1 Å². The van der Waals surface area contributed by atoms with Gasteiger partial charge in [-0.1, -0.05) is 17.7 Å². The third kappa shape index (κ3) is 1.22. The number of halogens is 1. The van der Waals surface area contributed by atoms with E-state index in [4.69, 9.17) is 26.9 Å². The minimum atomic E-state index is -1.32. The Kier molecular flexibility index (Phi) is 1.89. The number of nitriles is 2. The van der Waals surface area contributed by atoms with Gasteiger partial charge in [0, 0.05) is 11.8 Å². The Labute approximate surface area is 85.3 Å². The van der Waals surface area contributed by atoms with E-state index in [9.17, 15) is 0 Å². The molecule has 0 radical (unpaired) electrons. The van der Waals surface area contributed by atoms with Gasteiger partial charge in [0.05, 0.1) is 0 Å². The minimum absolute atomic E-state index is 0.369. The van der Waals surface area contributed by atoms with Gasteiger partial charge in [-0.25, -0.2) is 4.98 Å². The topological polar surface area (TPSA) is 73.0 Å². The van der Waals surface area contributed by atoms with Gasteiger partial charge in [-0.05, 0) is 6.07 Å². The van der Waals surface area contributed by atoms with E-state index in [1.165, 1.54) is 6.20 Å². The van der Waals surface area contributed by atoms with E-state index in [1.807, 2.05) is 12.1 Å². The lowest BCUT2D eigenvalue weighted by atomic mass is 10.0. The zero-order valence-electron chi connectivity index (χ0n) is 6.94. The highest BCUT2D eigenvalue weighted by molar-refractivity contribution is 6.29. The van der Waals surface area contributed by atoms with E-state index >= 15 is 0 Å². The van der Waals surface area contributed by atoms with Crippen LogP contribution in [0, 0.1) is 22.7 Å². The summed E-state index contributed by atoms with van der Waals surface area (Å²) in [6.45, 7) is 0. The van der Waals surface area contributed by atoms with Crippen molar-refractivity contribution in [3.8, 4) is 12.1 Å². The molecule has 0 amide bonds. The highest BCUT2D eigenvalue weighted by atomic mass is 35.5. The van der Waals surface area contributed by atoms with Crippen LogP contribution in [0.15, 0.2) is 18.3 Å². The SMILES string of the molecule is N#CC1(C#N)OC1c1ccc(Cl)nc1. The van der Waals surface area contributed by atoms with Crippen molar-refractivity contribution >= 4 is 11.6 Å². The zero-order chi connectivity index (χ0) is 10.2. The summed E-state index contributed by atoms with van der Waals surface area (Å²) >= 11 is 5.59. The molecule has 0 spiro atoms. The van der Waals surface area contributed by atoms with E-state index in [2.05, 4.69) is 4.98 Å². The molecule has 1 aliphatic rings. The molecular weight excluding hydrogens is 202 g/mol. The van der Waals surface area contributed by atoms with Crippen molar-refractivity contribution < 1.29 is 4.74 Å². The normalized spacial score (nSPS) is 22.1. The molecule has 1 saturated heterocycles. The van der Waals surface area contributed by atoms with Gasteiger partial charge in [-0.15, -0.1) is 0 Å². The van der Waals surface area contributed by atoms with Crippen molar-refractivity contribution in [1.82, 2.24) is 4.98 Å². The van der Waals surface area contributed by atoms with Crippen molar-refractivity contribution in [2.24, 2.45) is 0 Å². The zero-order valence-corrected chi connectivity index (χ0v) is 7.69. The number of ether oxygens (including phenoxy) is 1. The van der Waals surface area contributed by atoms with Crippen LogP contribution in [0.5, 0.6) is 0 Å². The van der Waals surface area contributed by atoms with E-state index in [-0.39, 0.29) is 0 Å². The summed E-state index contributed by atoms with van der Waals surface area (Å²) in [4.78, 5) is 3.84. The summed E-state index contributed by atoms with van der Waals surface area (Å²) in [7, 11) is 0. The molecule has 68 valence electrons. The fourth-order valence-electron chi connectivity index (χ4n) is 1.19. The maximum atomic E-state index is 8.70. The van der Waals surface area contributed by atoms with E-state index in [0.29, 0.717) is 10.7 Å². The third-order valence-corrected chi connectivity index (χ3v) is 2.22. The molecule has 0 bridgehead atoms. The van der Waals surface area contributed by atoms with Crippen LogP contribution in [0.3, 0.4) is 0 Å². The fourth-order valence-corrected chi connectivity index (χ4v) is 1.30. The van der Waals surface area contributed by atoms with Crippen molar-refractivity contribution in [1.29, 1.82) is 10.5 Å². The fraction of sp³-hybridized carbons (Fsp3) is 0.222. The van der Waals surface area contributed by atoms with Crippen molar-refractivity contribution in [3.63, 3.8) is 0 Å². The third-order valence-electron chi connectivity index (χ3n) is 2.00. The van der Waals surface area contributed by atoms with Crippen LogP contribution in [0.2, 0.25) is 5.15 Å². The molecule has 0 aliphatic carbocycles. The second-order valence-corrected chi connectivity index (χ2v) is 3.26. The van der Waals surface area contributed by atoms with Gasteiger partial charge in [0.15, 0.2) is 0 Å². The average Bonchev–Trinajstić information content (AvgIpc) is 2.94. The van der Waals surface area contributed by atoms with Gasteiger partial charge in [-0.2, -0.15) is 10.5 Å². The molecule has 1 aromatic rings. The van der Waals surface area contributed by atoms with Crippen molar-refractivity contribution in [2.75, 3.05) is 0 Å². The van der Waals surface area contributed by atoms with Crippen LogP contribution >= 0.6 is 11.6 Å². The molecule has 5 heteroatoms. The van der Waals surface area contributed by atoms with Crippen LogP contribution in [-0.2, 0) is 4.74 Å². The van der Waals surface area contributed by atoms with E-state index in [0.717, 1.165) is 0 Å². The molecule has 1 atom stereocenters. The quantitative estimate of drug-likeness (QED) is 0.516. The smallest absolute Gasteiger partial charge is 0.272 e. The summed E-state index contributed by atoms with van der Waals surface area (Å²) in [5, 5.41) is 17.8. The maximum Gasteiger partial charge on any atom is 0.272 e. The van der Waals surface area contributed by atoms with Gasteiger partial charge in [0.2, 0.25) is 0 Å². The molecule has 2 heterocycles. The average molecular weight is 206 g/mol. The van der Waals surface area contributed by atoms with Gasteiger partial charge >= 0.3 is 0 Å². The maximum absolute atomic E-state index is 8.70. The lowest BCUT2D eigenvalue weighted by Crippen LogP contribution is -2.04. The minimum Gasteiger partial charge on any atom is -0.332 e. The molecule has 2 rings (SSSR count). The number of pyridine rings is 1. The van der Waals surface area contributed by atoms with Crippen molar-refractivity contribution in [2.45, 2.75) is 11.7 Å². The molecule has 14 heavy (non-hydrogen) atoms. The molecule has 0 N–H and O–H groups in total. The summed E-state index contributed by atoms with van der Waals surface area (Å²) in [6.07, 6.45) is 1.01. The number of nitrogens with zero attached hydrogens (tertiary/aromatic N) is 3. The van der Waals surface area contributed by atoms with Crippen LogP contribution < -0.4 is 0 Å². The van der Waals surface area contributed by atoms with Gasteiger partial charge in [-0.3, -0.25) is 0 Å². The Balaban J connectivity index is 2.26. The molecule has 1 aliphatic heterocycles. The molecule has 1 unspecified atom stereocenters. The first-order valence-electron chi connectivity index (χ1n) is 3.83. The molecule has 4 nitrogen and oxygen atoms in total.